The zero-order valence-electron chi connectivity index (χ0n) is 20.6. The van der Waals surface area contributed by atoms with Gasteiger partial charge >= 0.3 is 5.97 Å². The van der Waals surface area contributed by atoms with E-state index in [1.165, 1.54) is 4.90 Å². The molecule has 5 rings (SSSR count). The Balaban J connectivity index is 1.59. The molecule has 0 aliphatic carbocycles. The third-order valence-corrected chi connectivity index (χ3v) is 7.89. The van der Waals surface area contributed by atoms with Crippen molar-refractivity contribution in [3.8, 4) is 0 Å². The van der Waals surface area contributed by atoms with Gasteiger partial charge in [0.25, 0.3) is 5.91 Å². The Morgan fingerprint density at radius 3 is 2.75 bits per heavy atom. The molecule has 0 saturated carbocycles. The van der Waals surface area contributed by atoms with E-state index < -0.39 is 41.6 Å². The Morgan fingerprint density at radius 2 is 2.06 bits per heavy atom. The van der Waals surface area contributed by atoms with Crippen LogP contribution >= 0.6 is 0 Å². The molecule has 3 aliphatic rings. The number of hydrogen-bond donors (Lipinski definition) is 1. The molecule has 2 bridgehead atoms. The first-order valence-electron chi connectivity index (χ1n) is 12.6. The van der Waals surface area contributed by atoms with Crippen LogP contribution in [0.5, 0.6) is 0 Å². The van der Waals surface area contributed by atoms with E-state index in [9.17, 15) is 19.5 Å². The lowest BCUT2D eigenvalue weighted by Crippen LogP contribution is -2.58. The van der Waals surface area contributed by atoms with Crippen molar-refractivity contribution in [1.82, 2.24) is 4.90 Å². The smallest absolute Gasteiger partial charge is 0.312 e. The highest BCUT2D eigenvalue weighted by molar-refractivity contribution is 6.05. The lowest BCUT2D eigenvalue weighted by atomic mass is 9.70. The SMILES string of the molecule is C=CCN(C(=O)[C@@H]1N([C@H](C)CO)C(=O)[C@H]2[C@H](C(=O)OCC)[C@@H]3CC[C@]12O3)c1ccc2ccccc2c1. The summed E-state index contributed by atoms with van der Waals surface area (Å²) in [6.45, 7) is 7.38. The molecule has 6 atom stereocenters. The average molecular weight is 493 g/mol. The average Bonchev–Trinajstić information content (AvgIpc) is 3.53. The van der Waals surface area contributed by atoms with Gasteiger partial charge in [-0.25, -0.2) is 0 Å². The van der Waals surface area contributed by atoms with Crippen LogP contribution in [0.2, 0.25) is 0 Å². The Labute approximate surface area is 210 Å². The fourth-order valence-electron chi connectivity index (χ4n) is 6.38. The van der Waals surface area contributed by atoms with Crippen LogP contribution in [0.25, 0.3) is 10.8 Å². The Morgan fingerprint density at radius 1 is 1.31 bits per heavy atom. The first-order valence-corrected chi connectivity index (χ1v) is 12.6. The van der Waals surface area contributed by atoms with Gasteiger partial charge in [0.2, 0.25) is 5.91 Å². The maximum atomic E-state index is 14.4. The van der Waals surface area contributed by atoms with E-state index >= 15 is 0 Å². The topological polar surface area (TPSA) is 96.4 Å². The van der Waals surface area contributed by atoms with Gasteiger partial charge in [-0.2, -0.15) is 0 Å². The minimum absolute atomic E-state index is 0.199. The number of anilines is 1. The van der Waals surface area contributed by atoms with Crippen LogP contribution < -0.4 is 4.90 Å². The molecule has 8 nitrogen and oxygen atoms in total. The van der Waals surface area contributed by atoms with E-state index in [4.69, 9.17) is 9.47 Å². The number of fused-ring (bicyclic) bond motifs is 2. The van der Waals surface area contributed by atoms with Crippen LogP contribution in [0.1, 0.15) is 26.7 Å². The molecule has 0 radical (unpaired) electrons. The molecule has 2 aromatic rings. The number of ether oxygens (including phenoxy) is 2. The molecule has 8 heteroatoms. The van der Waals surface area contributed by atoms with Crippen LogP contribution in [-0.2, 0) is 23.9 Å². The highest BCUT2D eigenvalue weighted by atomic mass is 16.6. The van der Waals surface area contributed by atoms with E-state index in [1.807, 2.05) is 42.5 Å². The molecule has 3 aliphatic heterocycles. The van der Waals surface area contributed by atoms with E-state index in [-0.39, 0.29) is 31.6 Å². The second-order valence-corrected chi connectivity index (χ2v) is 9.85. The number of carbonyl (C=O) groups is 3. The third kappa shape index (κ3) is 3.54. The lowest BCUT2D eigenvalue weighted by Gasteiger charge is -2.38. The van der Waals surface area contributed by atoms with Gasteiger partial charge in [-0.05, 0) is 49.6 Å². The number of aliphatic hydroxyl groups excluding tert-OH is 1. The number of rotatable bonds is 8. The van der Waals surface area contributed by atoms with Crippen molar-refractivity contribution >= 4 is 34.2 Å². The maximum Gasteiger partial charge on any atom is 0.312 e. The van der Waals surface area contributed by atoms with Gasteiger partial charge < -0.3 is 24.4 Å². The number of hydrogen-bond acceptors (Lipinski definition) is 6. The first kappa shape index (κ1) is 24.5. The van der Waals surface area contributed by atoms with Crippen molar-refractivity contribution in [3.05, 3.63) is 55.1 Å². The number of benzene rings is 2. The summed E-state index contributed by atoms with van der Waals surface area (Å²) in [5.74, 6) is -2.70. The third-order valence-electron chi connectivity index (χ3n) is 7.89. The van der Waals surface area contributed by atoms with Crippen molar-refractivity contribution in [2.24, 2.45) is 11.8 Å². The van der Waals surface area contributed by atoms with Crippen molar-refractivity contribution in [2.75, 3.05) is 24.7 Å². The minimum Gasteiger partial charge on any atom is -0.466 e. The van der Waals surface area contributed by atoms with Crippen LogP contribution in [-0.4, -0.2) is 71.3 Å². The summed E-state index contributed by atoms with van der Waals surface area (Å²) < 4.78 is 11.7. The maximum absolute atomic E-state index is 14.4. The molecule has 2 aromatic carbocycles. The summed E-state index contributed by atoms with van der Waals surface area (Å²) in [7, 11) is 0. The summed E-state index contributed by atoms with van der Waals surface area (Å²) in [5.41, 5.74) is -0.465. The molecule has 3 fully saturated rings. The Bertz CT molecular complexity index is 1210. The molecule has 1 spiro atoms. The minimum atomic E-state index is -1.14. The van der Waals surface area contributed by atoms with Gasteiger partial charge in [0.15, 0.2) is 0 Å². The first-order chi connectivity index (χ1) is 17.4. The van der Waals surface area contributed by atoms with Crippen molar-refractivity contribution in [3.63, 3.8) is 0 Å². The predicted molar refractivity (Wildman–Crippen MR) is 134 cm³/mol. The van der Waals surface area contributed by atoms with Crippen LogP contribution in [0.4, 0.5) is 5.69 Å². The van der Waals surface area contributed by atoms with Crippen molar-refractivity contribution in [2.45, 2.75) is 50.5 Å². The Hall–Kier alpha value is -3.23. The van der Waals surface area contributed by atoms with Gasteiger partial charge in [0.1, 0.15) is 11.6 Å². The quantitative estimate of drug-likeness (QED) is 0.450. The van der Waals surface area contributed by atoms with Gasteiger partial charge in [-0.3, -0.25) is 14.4 Å². The van der Waals surface area contributed by atoms with Gasteiger partial charge in [0.05, 0.1) is 37.2 Å². The molecular formula is C28H32N2O6. The number of likely N-dealkylation sites (tertiary alicyclic amines) is 1. The molecule has 0 aromatic heterocycles. The Kier molecular flexibility index (Phi) is 6.34. The van der Waals surface area contributed by atoms with Crippen LogP contribution in [0.15, 0.2) is 55.1 Å². The van der Waals surface area contributed by atoms with Gasteiger partial charge in [-0.1, -0.05) is 36.4 Å². The van der Waals surface area contributed by atoms with E-state index in [0.717, 1.165) is 10.8 Å². The van der Waals surface area contributed by atoms with Crippen LogP contribution in [0.3, 0.4) is 0 Å². The molecule has 3 heterocycles. The molecular weight excluding hydrogens is 460 g/mol. The molecule has 0 unspecified atom stereocenters. The van der Waals surface area contributed by atoms with Gasteiger partial charge in [-0.15, -0.1) is 6.58 Å². The van der Waals surface area contributed by atoms with Crippen molar-refractivity contribution < 1.29 is 29.0 Å². The second-order valence-electron chi connectivity index (χ2n) is 9.85. The number of esters is 1. The zero-order valence-corrected chi connectivity index (χ0v) is 20.6. The zero-order chi connectivity index (χ0) is 25.6. The molecule has 36 heavy (non-hydrogen) atoms. The van der Waals surface area contributed by atoms with Crippen LogP contribution in [0, 0.1) is 11.8 Å². The number of carbonyl (C=O) groups excluding carboxylic acids is 3. The summed E-state index contributed by atoms with van der Waals surface area (Å²) in [5, 5.41) is 12.0. The summed E-state index contributed by atoms with van der Waals surface area (Å²) >= 11 is 0. The van der Waals surface area contributed by atoms with E-state index in [2.05, 4.69) is 6.58 Å². The van der Waals surface area contributed by atoms with Crippen molar-refractivity contribution in [1.29, 1.82) is 0 Å². The van der Waals surface area contributed by atoms with Gasteiger partial charge in [0, 0.05) is 12.2 Å². The highest BCUT2D eigenvalue weighted by Gasteiger charge is 2.75. The number of aliphatic hydroxyl groups is 1. The molecule has 3 saturated heterocycles. The standard InChI is InChI=1S/C28H32N2O6/c1-4-14-29(20-11-10-18-8-6-7-9-19(18)15-20)26(33)24-28-13-12-21(36-28)22(27(34)35-5-2)23(28)25(32)30(24)17(3)16-31/h4,6-11,15,17,21-24,31H,1,5,12-14,16H2,2-3H3/t17-,21+,22-,23-,24+,28-/m1/s1. The normalized spacial score (nSPS) is 29.3. The predicted octanol–water partition coefficient (Wildman–Crippen LogP) is 2.68. The molecule has 1 N–H and O–H groups in total. The molecule has 2 amide bonds. The second kappa shape index (κ2) is 9.33. The number of nitrogens with zero attached hydrogens (tertiary/aromatic N) is 2. The number of amides is 2. The van der Waals surface area contributed by atoms with E-state index in [1.54, 1.807) is 24.8 Å². The largest absolute Gasteiger partial charge is 0.466 e. The van der Waals surface area contributed by atoms with E-state index in [0.29, 0.717) is 18.5 Å². The summed E-state index contributed by atoms with van der Waals surface area (Å²) in [6.07, 6.45) is 2.23. The summed E-state index contributed by atoms with van der Waals surface area (Å²) in [6, 6.07) is 12.1. The lowest BCUT2D eigenvalue weighted by molar-refractivity contribution is -0.155. The monoisotopic (exact) mass is 492 g/mol. The highest BCUT2D eigenvalue weighted by Crippen LogP contribution is 2.59. The fraction of sp³-hybridized carbons (Fsp3) is 0.464. The summed E-state index contributed by atoms with van der Waals surface area (Å²) in [4.78, 5) is 44.2. The molecule has 190 valence electrons. The fourth-order valence-corrected chi connectivity index (χ4v) is 6.38.